The molecule has 0 saturated carbocycles. The van der Waals surface area contributed by atoms with Gasteiger partial charge in [0.25, 0.3) is 5.91 Å². The second-order valence-electron chi connectivity index (χ2n) is 4.89. The molecular weight excluding hydrogens is 268 g/mol. The number of thiophene rings is 1. The van der Waals surface area contributed by atoms with E-state index in [0.717, 1.165) is 16.8 Å². The Labute approximate surface area is 124 Å². The third-order valence-corrected chi connectivity index (χ3v) is 4.64. The fourth-order valence-corrected chi connectivity index (χ4v) is 2.97. The van der Waals surface area contributed by atoms with Gasteiger partial charge in [-0.1, -0.05) is 6.07 Å². The first-order valence-corrected chi connectivity index (χ1v) is 7.51. The summed E-state index contributed by atoms with van der Waals surface area (Å²) in [5, 5.41) is 5.12. The van der Waals surface area contributed by atoms with Crippen LogP contribution in [0.3, 0.4) is 0 Å². The molecule has 3 nitrogen and oxygen atoms in total. The lowest BCUT2D eigenvalue weighted by molar-refractivity contribution is 0.0744. The van der Waals surface area contributed by atoms with Gasteiger partial charge in [-0.3, -0.25) is 4.79 Å². The molecule has 0 fully saturated rings. The Bertz CT molecular complexity index is 593. The zero-order valence-electron chi connectivity index (χ0n) is 12.3. The highest BCUT2D eigenvalue weighted by molar-refractivity contribution is 7.10. The van der Waals surface area contributed by atoms with Crippen LogP contribution in [0.1, 0.15) is 33.8 Å². The van der Waals surface area contributed by atoms with Crippen molar-refractivity contribution in [2.45, 2.75) is 19.9 Å². The number of nitrogens with zero attached hydrogens (tertiary/aromatic N) is 1. The average molecular weight is 288 g/mol. The van der Waals surface area contributed by atoms with Crippen LogP contribution < -0.4 is 5.32 Å². The summed E-state index contributed by atoms with van der Waals surface area (Å²) < 4.78 is 0. The maximum atomic E-state index is 12.6. The van der Waals surface area contributed by atoms with E-state index in [1.165, 1.54) is 4.88 Å². The number of hydrogen-bond donors (Lipinski definition) is 1. The number of nitrogens with one attached hydrogen (secondary N) is 1. The Balaban J connectivity index is 2.22. The lowest BCUT2D eigenvalue weighted by Crippen LogP contribution is -2.29. The number of benzene rings is 1. The van der Waals surface area contributed by atoms with Crippen LogP contribution in [-0.4, -0.2) is 24.9 Å². The van der Waals surface area contributed by atoms with Crippen LogP contribution >= 0.6 is 11.3 Å². The number of carbonyl (C=O) groups excluding carboxylic acids is 1. The van der Waals surface area contributed by atoms with Gasteiger partial charge in [0.05, 0.1) is 6.04 Å². The van der Waals surface area contributed by atoms with Gasteiger partial charge in [-0.25, -0.2) is 0 Å². The summed E-state index contributed by atoms with van der Waals surface area (Å²) in [6.45, 7) is 4.03. The van der Waals surface area contributed by atoms with Gasteiger partial charge >= 0.3 is 0 Å². The van der Waals surface area contributed by atoms with E-state index in [2.05, 4.69) is 18.3 Å². The molecule has 0 radical (unpaired) electrons. The second-order valence-corrected chi connectivity index (χ2v) is 5.87. The molecule has 1 aromatic heterocycles. The summed E-state index contributed by atoms with van der Waals surface area (Å²) in [6.07, 6.45) is 0. The fraction of sp³-hybridized carbons (Fsp3) is 0.312. The van der Waals surface area contributed by atoms with Crippen LogP contribution in [0.4, 0.5) is 5.69 Å². The summed E-state index contributed by atoms with van der Waals surface area (Å²) >= 11 is 1.68. The first-order valence-electron chi connectivity index (χ1n) is 6.63. The highest BCUT2D eigenvalue weighted by Gasteiger charge is 2.20. The fourth-order valence-electron chi connectivity index (χ4n) is 2.14. The number of anilines is 1. The number of hydrogen-bond acceptors (Lipinski definition) is 3. The maximum Gasteiger partial charge on any atom is 0.254 e. The van der Waals surface area contributed by atoms with Gasteiger partial charge < -0.3 is 10.2 Å². The molecular formula is C16H20N2OS. The van der Waals surface area contributed by atoms with E-state index in [0.29, 0.717) is 0 Å². The van der Waals surface area contributed by atoms with Crippen LogP contribution in [0, 0.1) is 6.92 Å². The predicted molar refractivity (Wildman–Crippen MR) is 85.6 cm³/mol. The molecule has 0 bridgehead atoms. The maximum absolute atomic E-state index is 12.6. The third-order valence-electron chi connectivity index (χ3n) is 3.60. The smallest absolute Gasteiger partial charge is 0.254 e. The molecule has 106 valence electrons. The number of carbonyl (C=O) groups is 1. The van der Waals surface area contributed by atoms with E-state index in [4.69, 9.17) is 0 Å². The van der Waals surface area contributed by atoms with Gasteiger partial charge in [0.1, 0.15) is 0 Å². The van der Waals surface area contributed by atoms with Gasteiger partial charge in [-0.05, 0) is 49.1 Å². The van der Waals surface area contributed by atoms with Crippen molar-refractivity contribution in [2.24, 2.45) is 0 Å². The summed E-state index contributed by atoms with van der Waals surface area (Å²) in [7, 11) is 3.74. The predicted octanol–water partition coefficient (Wildman–Crippen LogP) is 3.93. The van der Waals surface area contributed by atoms with Crippen molar-refractivity contribution < 1.29 is 4.79 Å². The lowest BCUT2D eigenvalue weighted by atomic mass is 10.1. The molecule has 0 aliphatic carbocycles. The summed E-state index contributed by atoms with van der Waals surface area (Å²) in [5.41, 5.74) is 2.77. The largest absolute Gasteiger partial charge is 0.388 e. The molecule has 2 rings (SSSR count). The van der Waals surface area contributed by atoms with Gasteiger partial charge in [0.2, 0.25) is 0 Å². The van der Waals surface area contributed by atoms with E-state index in [1.54, 1.807) is 16.2 Å². The molecule has 0 aliphatic rings. The Morgan fingerprint density at radius 2 is 2.10 bits per heavy atom. The van der Waals surface area contributed by atoms with Crippen molar-refractivity contribution >= 4 is 22.9 Å². The zero-order chi connectivity index (χ0) is 14.7. The SMILES string of the molecule is CNc1ccc(C(=O)N(C)C(C)c2cccs2)c(C)c1. The Morgan fingerprint density at radius 1 is 1.35 bits per heavy atom. The van der Waals surface area contributed by atoms with Crippen LogP contribution in [0.5, 0.6) is 0 Å². The number of amides is 1. The van der Waals surface area contributed by atoms with E-state index in [-0.39, 0.29) is 11.9 Å². The van der Waals surface area contributed by atoms with Gasteiger partial charge in [0, 0.05) is 30.2 Å². The average Bonchev–Trinajstić information content (AvgIpc) is 2.99. The molecule has 1 atom stereocenters. The first-order chi connectivity index (χ1) is 9.54. The molecule has 1 heterocycles. The molecule has 2 aromatic rings. The molecule has 1 amide bonds. The first kappa shape index (κ1) is 14.6. The second kappa shape index (κ2) is 6.09. The summed E-state index contributed by atoms with van der Waals surface area (Å²) in [6, 6.07) is 9.99. The molecule has 1 aromatic carbocycles. The molecule has 1 N–H and O–H groups in total. The minimum atomic E-state index is 0.0612. The topological polar surface area (TPSA) is 32.3 Å². The Kier molecular flexibility index (Phi) is 4.45. The van der Waals surface area contributed by atoms with Crippen LogP contribution in [0.25, 0.3) is 0 Å². The quantitative estimate of drug-likeness (QED) is 0.924. The van der Waals surface area contributed by atoms with Crippen molar-refractivity contribution in [3.05, 3.63) is 51.7 Å². The van der Waals surface area contributed by atoms with E-state index in [1.807, 2.05) is 50.7 Å². The summed E-state index contributed by atoms with van der Waals surface area (Å²) in [4.78, 5) is 15.6. The van der Waals surface area contributed by atoms with Crippen molar-refractivity contribution in [3.8, 4) is 0 Å². The molecule has 0 saturated heterocycles. The van der Waals surface area contributed by atoms with Crippen LogP contribution in [-0.2, 0) is 0 Å². The van der Waals surface area contributed by atoms with E-state index < -0.39 is 0 Å². The van der Waals surface area contributed by atoms with Gasteiger partial charge in [0.15, 0.2) is 0 Å². The molecule has 0 spiro atoms. The van der Waals surface area contributed by atoms with Crippen LogP contribution in [0.15, 0.2) is 35.7 Å². The van der Waals surface area contributed by atoms with E-state index in [9.17, 15) is 4.79 Å². The normalized spacial score (nSPS) is 12.0. The van der Waals surface area contributed by atoms with Gasteiger partial charge in [-0.15, -0.1) is 11.3 Å². The van der Waals surface area contributed by atoms with Crippen molar-refractivity contribution in [3.63, 3.8) is 0 Å². The third kappa shape index (κ3) is 2.85. The molecule has 4 heteroatoms. The van der Waals surface area contributed by atoms with Crippen molar-refractivity contribution in [1.29, 1.82) is 0 Å². The summed E-state index contributed by atoms with van der Waals surface area (Å²) in [5.74, 6) is 0.0612. The lowest BCUT2D eigenvalue weighted by Gasteiger charge is -2.25. The zero-order valence-corrected chi connectivity index (χ0v) is 13.1. The Morgan fingerprint density at radius 3 is 2.65 bits per heavy atom. The minimum absolute atomic E-state index is 0.0612. The van der Waals surface area contributed by atoms with Crippen LogP contribution in [0.2, 0.25) is 0 Å². The highest BCUT2D eigenvalue weighted by atomic mass is 32.1. The molecule has 0 aliphatic heterocycles. The number of aryl methyl sites for hydroxylation is 1. The Hall–Kier alpha value is -1.81. The minimum Gasteiger partial charge on any atom is -0.388 e. The monoisotopic (exact) mass is 288 g/mol. The van der Waals surface area contributed by atoms with Gasteiger partial charge in [-0.2, -0.15) is 0 Å². The van der Waals surface area contributed by atoms with E-state index >= 15 is 0 Å². The standard InChI is InChI=1S/C16H20N2OS/c1-11-10-13(17-3)7-8-14(11)16(19)18(4)12(2)15-6-5-9-20-15/h5-10,12,17H,1-4H3. The molecule has 1 unspecified atom stereocenters. The van der Waals surface area contributed by atoms with Crippen molar-refractivity contribution in [1.82, 2.24) is 4.90 Å². The number of rotatable bonds is 4. The molecule has 20 heavy (non-hydrogen) atoms. The van der Waals surface area contributed by atoms with Crippen molar-refractivity contribution in [2.75, 3.05) is 19.4 Å². The highest BCUT2D eigenvalue weighted by Crippen LogP contribution is 2.26.